The highest BCUT2D eigenvalue weighted by molar-refractivity contribution is 9.10. The zero-order chi connectivity index (χ0) is 12.1. The van der Waals surface area contributed by atoms with Crippen molar-refractivity contribution in [2.75, 3.05) is 5.75 Å². The van der Waals surface area contributed by atoms with Crippen molar-refractivity contribution in [2.24, 2.45) is 0 Å². The van der Waals surface area contributed by atoms with Gasteiger partial charge in [-0.15, -0.1) is 10.2 Å². The summed E-state index contributed by atoms with van der Waals surface area (Å²) < 4.78 is 11.9. The molecule has 2 aromatic rings. The fourth-order valence-electron chi connectivity index (χ4n) is 1.15. The van der Waals surface area contributed by atoms with Crippen molar-refractivity contribution in [1.82, 2.24) is 10.2 Å². The molecule has 0 amide bonds. The SMILES string of the molecule is CCSc1nnc(COc2ccc(Br)cc2)o1. The minimum Gasteiger partial charge on any atom is -0.484 e. The van der Waals surface area contributed by atoms with Crippen LogP contribution in [0.4, 0.5) is 0 Å². The second-order valence-electron chi connectivity index (χ2n) is 3.14. The Balaban J connectivity index is 1.90. The molecule has 2 rings (SSSR count). The summed E-state index contributed by atoms with van der Waals surface area (Å²) in [6, 6.07) is 7.59. The molecule has 0 saturated heterocycles. The molecule has 1 aromatic carbocycles. The Bertz CT molecular complexity index is 473. The average Bonchev–Trinajstić information content (AvgIpc) is 2.77. The maximum absolute atomic E-state index is 5.51. The number of hydrogen-bond donors (Lipinski definition) is 0. The van der Waals surface area contributed by atoms with E-state index in [4.69, 9.17) is 9.15 Å². The van der Waals surface area contributed by atoms with Gasteiger partial charge in [-0.25, -0.2) is 0 Å². The van der Waals surface area contributed by atoms with E-state index in [0.717, 1.165) is 16.0 Å². The first kappa shape index (κ1) is 12.4. The van der Waals surface area contributed by atoms with Gasteiger partial charge in [0.1, 0.15) is 5.75 Å². The highest BCUT2D eigenvalue weighted by atomic mass is 79.9. The molecule has 0 spiro atoms. The molecule has 0 N–H and O–H groups in total. The van der Waals surface area contributed by atoms with Crippen LogP contribution in [0.3, 0.4) is 0 Å². The molecule has 0 atom stereocenters. The third-order valence-corrected chi connectivity index (χ3v) is 3.12. The lowest BCUT2D eigenvalue weighted by Crippen LogP contribution is -1.95. The minimum absolute atomic E-state index is 0.291. The molecule has 0 aliphatic heterocycles. The van der Waals surface area contributed by atoms with E-state index in [-0.39, 0.29) is 0 Å². The van der Waals surface area contributed by atoms with Gasteiger partial charge in [0.2, 0.25) is 0 Å². The molecule has 0 bridgehead atoms. The van der Waals surface area contributed by atoms with Gasteiger partial charge in [0.15, 0.2) is 6.61 Å². The molecule has 0 aliphatic rings. The first-order valence-corrected chi connectivity index (χ1v) is 6.89. The summed E-state index contributed by atoms with van der Waals surface area (Å²) in [6.45, 7) is 2.33. The minimum atomic E-state index is 0.291. The topological polar surface area (TPSA) is 48.2 Å². The Hall–Kier alpha value is -1.01. The predicted molar refractivity (Wildman–Crippen MR) is 69.2 cm³/mol. The maximum Gasteiger partial charge on any atom is 0.276 e. The quantitative estimate of drug-likeness (QED) is 0.790. The molecule has 4 nitrogen and oxygen atoms in total. The molecule has 6 heteroatoms. The van der Waals surface area contributed by atoms with Crippen LogP contribution in [0.15, 0.2) is 38.4 Å². The fourth-order valence-corrected chi connectivity index (χ4v) is 1.92. The van der Waals surface area contributed by atoms with Gasteiger partial charge in [-0.05, 0) is 30.0 Å². The van der Waals surface area contributed by atoms with Crippen LogP contribution in [0.5, 0.6) is 5.75 Å². The lowest BCUT2D eigenvalue weighted by atomic mass is 10.3. The van der Waals surface area contributed by atoms with Crippen molar-refractivity contribution in [3.8, 4) is 5.75 Å². The number of halogens is 1. The molecule has 17 heavy (non-hydrogen) atoms. The Morgan fingerprint density at radius 1 is 1.29 bits per heavy atom. The average molecular weight is 315 g/mol. The summed E-state index contributed by atoms with van der Waals surface area (Å²) in [5.41, 5.74) is 0. The molecule has 1 aromatic heterocycles. The van der Waals surface area contributed by atoms with Gasteiger partial charge < -0.3 is 9.15 Å². The van der Waals surface area contributed by atoms with Crippen LogP contribution in [-0.4, -0.2) is 16.0 Å². The van der Waals surface area contributed by atoms with E-state index in [1.165, 1.54) is 11.8 Å². The Labute approximate surface area is 112 Å². The number of benzene rings is 1. The first-order chi connectivity index (χ1) is 8.28. The molecule has 0 aliphatic carbocycles. The van der Waals surface area contributed by atoms with Crippen LogP contribution in [0.1, 0.15) is 12.8 Å². The second kappa shape index (κ2) is 6.07. The summed E-state index contributed by atoms with van der Waals surface area (Å²) in [5.74, 6) is 2.18. The zero-order valence-corrected chi connectivity index (χ0v) is 11.6. The van der Waals surface area contributed by atoms with Crippen molar-refractivity contribution in [3.05, 3.63) is 34.6 Å². The van der Waals surface area contributed by atoms with Gasteiger partial charge in [-0.2, -0.15) is 0 Å². The molecule has 0 saturated carbocycles. The smallest absolute Gasteiger partial charge is 0.276 e. The number of hydrogen-bond acceptors (Lipinski definition) is 5. The molecule has 0 unspecified atom stereocenters. The van der Waals surface area contributed by atoms with Gasteiger partial charge in [0.25, 0.3) is 11.1 Å². The van der Waals surface area contributed by atoms with Crippen molar-refractivity contribution in [2.45, 2.75) is 18.8 Å². The summed E-state index contributed by atoms with van der Waals surface area (Å²) >= 11 is 4.88. The normalized spacial score (nSPS) is 10.5. The zero-order valence-electron chi connectivity index (χ0n) is 9.22. The van der Waals surface area contributed by atoms with Crippen molar-refractivity contribution in [1.29, 1.82) is 0 Å². The Kier molecular flexibility index (Phi) is 4.44. The van der Waals surface area contributed by atoms with E-state index in [1.807, 2.05) is 31.2 Å². The molecule has 0 fully saturated rings. The summed E-state index contributed by atoms with van der Waals surface area (Å²) in [6.07, 6.45) is 0. The number of thioether (sulfide) groups is 1. The lowest BCUT2D eigenvalue weighted by Gasteiger charge is -2.02. The molecular weight excluding hydrogens is 304 g/mol. The Morgan fingerprint density at radius 2 is 2.06 bits per heavy atom. The lowest BCUT2D eigenvalue weighted by molar-refractivity contribution is 0.252. The summed E-state index contributed by atoms with van der Waals surface area (Å²) in [5, 5.41) is 8.37. The van der Waals surface area contributed by atoms with Gasteiger partial charge in [-0.1, -0.05) is 34.6 Å². The highest BCUT2D eigenvalue weighted by Crippen LogP contribution is 2.19. The largest absolute Gasteiger partial charge is 0.484 e. The van der Waals surface area contributed by atoms with E-state index in [0.29, 0.717) is 17.7 Å². The summed E-state index contributed by atoms with van der Waals surface area (Å²) in [4.78, 5) is 0. The van der Waals surface area contributed by atoms with Crippen LogP contribution in [0.2, 0.25) is 0 Å². The van der Waals surface area contributed by atoms with E-state index in [9.17, 15) is 0 Å². The third-order valence-electron chi connectivity index (χ3n) is 1.89. The fraction of sp³-hybridized carbons (Fsp3) is 0.273. The molecule has 1 heterocycles. The van der Waals surface area contributed by atoms with E-state index >= 15 is 0 Å². The van der Waals surface area contributed by atoms with Crippen LogP contribution in [-0.2, 0) is 6.61 Å². The standard InChI is InChI=1S/C11H11BrN2O2S/c1-2-17-11-14-13-10(16-11)7-15-9-5-3-8(12)4-6-9/h3-6H,2,7H2,1H3. The highest BCUT2D eigenvalue weighted by Gasteiger charge is 2.06. The van der Waals surface area contributed by atoms with Gasteiger partial charge in [0.05, 0.1) is 0 Å². The van der Waals surface area contributed by atoms with Crippen molar-refractivity contribution >= 4 is 27.7 Å². The van der Waals surface area contributed by atoms with Crippen LogP contribution in [0.25, 0.3) is 0 Å². The molecule has 0 radical (unpaired) electrons. The molecule has 90 valence electrons. The number of nitrogens with zero attached hydrogens (tertiary/aromatic N) is 2. The van der Waals surface area contributed by atoms with E-state index < -0.39 is 0 Å². The van der Waals surface area contributed by atoms with Gasteiger partial charge >= 0.3 is 0 Å². The van der Waals surface area contributed by atoms with Gasteiger partial charge in [-0.3, -0.25) is 0 Å². The van der Waals surface area contributed by atoms with Crippen LogP contribution >= 0.6 is 27.7 Å². The first-order valence-electron chi connectivity index (χ1n) is 5.11. The van der Waals surface area contributed by atoms with Crippen molar-refractivity contribution in [3.63, 3.8) is 0 Å². The predicted octanol–water partition coefficient (Wildman–Crippen LogP) is 3.52. The number of aromatic nitrogens is 2. The second-order valence-corrected chi connectivity index (χ2v) is 5.27. The van der Waals surface area contributed by atoms with E-state index in [1.54, 1.807) is 0 Å². The number of ether oxygens (including phenoxy) is 1. The van der Waals surface area contributed by atoms with E-state index in [2.05, 4.69) is 26.1 Å². The van der Waals surface area contributed by atoms with Crippen molar-refractivity contribution < 1.29 is 9.15 Å². The molecular formula is C11H11BrN2O2S. The third kappa shape index (κ3) is 3.74. The van der Waals surface area contributed by atoms with Gasteiger partial charge in [0, 0.05) is 4.47 Å². The maximum atomic E-state index is 5.51. The summed E-state index contributed by atoms with van der Waals surface area (Å²) in [7, 11) is 0. The van der Waals surface area contributed by atoms with Crippen LogP contribution < -0.4 is 4.74 Å². The van der Waals surface area contributed by atoms with Crippen LogP contribution in [0, 0.1) is 0 Å². The monoisotopic (exact) mass is 314 g/mol. The number of rotatable bonds is 5. The Morgan fingerprint density at radius 3 is 2.76 bits per heavy atom.